The lowest BCUT2D eigenvalue weighted by Gasteiger charge is -2.43. The molecule has 2 aromatic carbocycles. The Morgan fingerprint density at radius 2 is 1.48 bits per heavy atom. The van der Waals surface area contributed by atoms with Gasteiger partial charge in [0.05, 0.1) is 23.9 Å². The predicted molar refractivity (Wildman–Crippen MR) is 167 cm³/mol. The number of pyridine rings is 1. The van der Waals surface area contributed by atoms with Gasteiger partial charge in [-0.05, 0) is 62.0 Å². The molecule has 6 nitrogen and oxygen atoms in total. The van der Waals surface area contributed by atoms with Crippen LogP contribution in [0.2, 0.25) is 5.04 Å². The van der Waals surface area contributed by atoms with E-state index in [1.165, 1.54) is 16.4 Å². The van der Waals surface area contributed by atoms with Crippen molar-refractivity contribution in [2.45, 2.75) is 96.4 Å². The normalized spacial score (nSPS) is 19.3. The van der Waals surface area contributed by atoms with Crippen LogP contribution < -0.4 is 15.7 Å². The standard InChI is InChI=1S/C34H43F3N2O4Si/c1-23-29-26(20-21-28(38-29)34(35,36)37)30(39-31(40)43-32(2,3)4)27(42-23)19-14-22-41-44(33(5,6)7,24-15-10-8-11-16-24)25-17-12-9-13-18-25/h8-13,15-18,20-21,23,27,30H,14,19,22H2,1-7H3,(H,39,40)/t23-,27-,30-/m0/s1. The Morgan fingerprint density at radius 3 is 1.98 bits per heavy atom. The lowest BCUT2D eigenvalue weighted by atomic mass is 9.91. The van der Waals surface area contributed by atoms with Gasteiger partial charge in [-0.1, -0.05) is 87.5 Å². The number of carbonyl (C=O) groups excluding carboxylic acids is 1. The molecule has 3 aromatic rings. The van der Waals surface area contributed by atoms with Gasteiger partial charge in [-0.25, -0.2) is 9.78 Å². The molecular formula is C34H43F3N2O4Si. The monoisotopic (exact) mass is 628 g/mol. The lowest BCUT2D eigenvalue weighted by molar-refractivity contribution is -0.141. The molecule has 1 aliphatic rings. The highest BCUT2D eigenvalue weighted by Crippen LogP contribution is 2.40. The number of nitrogens with zero attached hydrogens (tertiary/aromatic N) is 1. The number of benzene rings is 2. The molecule has 0 fully saturated rings. The first-order chi connectivity index (χ1) is 20.5. The molecule has 4 rings (SSSR count). The van der Waals surface area contributed by atoms with Gasteiger partial charge in [-0.15, -0.1) is 0 Å². The zero-order chi connectivity index (χ0) is 32.3. The molecule has 1 aliphatic heterocycles. The van der Waals surface area contributed by atoms with E-state index in [0.29, 0.717) is 25.0 Å². The van der Waals surface area contributed by atoms with Crippen LogP contribution >= 0.6 is 0 Å². The summed E-state index contributed by atoms with van der Waals surface area (Å²) in [5.41, 5.74) is -1.12. The minimum Gasteiger partial charge on any atom is -0.444 e. The summed E-state index contributed by atoms with van der Waals surface area (Å²) in [6, 6.07) is 22.3. The van der Waals surface area contributed by atoms with Crippen molar-refractivity contribution in [3.8, 4) is 0 Å². The van der Waals surface area contributed by atoms with Gasteiger partial charge in [-0.3, -0.25) is 0 Å². The second kappa shape index (κ2) is 13.0. The second-order valence-corrected chi connectivity index (χ2v) is 17.6. The third-order valence-electron chi connectivity index (χ3n) is 7.76. The molecule has 0 aliphatic carbocycles. The maximum atomic E-state index is 13.5. The number of aromatic nitrogens is 1. The van der Waals surface area contributed by atoms with Crippen LogP contribution in [0.15, 0.2) is 72.8 Å². The second-order valence-electron chi connectivity index (χ2n) is 13.3. The minimum atomic E-state index is -4.60. The van der Waals surface area contributed by atoms with Gasteiger partial charge in [0.25, 0.3) is 8.32 Å². The van der Waals surface area contributed by atoms with Gasteiger partial charge in [0.15, 0.2) is 0 Å². The molecule has 1 amide bonds. The summed E-state index contributed by atoms with van der Waals surface area (Å²) in [6.45, 7) is 14.0. The Bertz CT molecular complexity index is 1370. The van der Waals surface area contributed by atoms with Gasteiger partial charge in [0.2, 0.25) is 0 Å². The maximum absolute atomic E-state index is 13.5. The van der Waals surface area contributed by atoms with E-state index >= 15 is 0 Å². The summed E-state index contributed by atoms with van der Waals surface area (Å²) >= 11 is 0. The molecule has 1 N–H and O–H groups in total. The van der Waals surface area contributed by atoms with Crippen LogP contribution in [-0.2, 0) is 20.1 Å². The molecule has 0 saturated heterocycles. The van der Waals surface area contributed by atoms with E-state index in [4.69, 9.17) is 13.9 Å². The Hall–Kier alpha value is -3.21. The number of hydrogen-bond donors (Lipinski definition) is 1. The summed E-state index contributed by atoms with van der Waals surface area (Å²) in [4.78, 5) is 16.8. The molecule has 1 aromatic heterocycles. The van der Waals surface area contributed by atoms with Crippen LogP contribution in [0.1, 0.15) is 90.4 Å². The van der Waals surface area contributed by atoms with Crippen LogP contribution in [0.25, 0.3) is 0 Å². The smallest absolute Gasteiger partial charge is 0.433 e. The quantitative estimate of drug-likeness (QED) is 0.207. The Morgan fingerprint density at radius 1 is 0.909 bits per heavy atom. The number of ether oxygens (including phenoxy) is 2. The van der Waals surface area contributed by atoms with E-state index in [9.17, 15) is 18.0 Å². The van der Waals surface area contributed by atoms with Crippen molar-refractivity contribution in [2.75, 3.05) is 6.61 Å². The molecule has 0 unspecified atom stereocenters. The first-order valence-electron chi connectivity index (χ1n) is 15.0. The molecule has 44 heavy (non-hydrogen) atoms. The van der Waals surface area contributed by atoms with Crippen molar-refractivity contribution in [1.82, 2.24) is 10.3 Å². The van der Waals surface area contributed by atoms with Crippen molar-refractivity contribution < 1.29 is 31.9 Å². The third-order valence-corrected chi connectivity index (χ3v) is 12.8. The summed E-state index contributed by atoms with van der Waals surface area (Å²) in [5, 5.41) is 5.01. The van der Waals surface area contributed by atoms with Crippen LogP contribution in [-0.4, -0.2) is 37.7 Å². The van der Waals surface area contributed by atoms with Gasteiger partial charge < -0.3 is 19.2 Å². The highest BCUT2D eigenvalue weighted by atomic mass is 28.4. The highest BCUT2D eigenvalue weighted by molar-refractivity contribution is 6.99. The van der Waals surface area contributed by atoms with Crippen LogP contribution in [0.3, 0.4) is 0 Å². The molecule has 238 valence electrons. The fourth-order valence-electron chi connectivity index (χ4n) is 5.95. The summed E-state index contributed by atoms with van der Waals surface area (Å²) in [5.74, 6) is 0. The Balaban J connectivity index is 1.60. The van der Waals surface area contributed by atoms with Crippen LogP contribution in [0.4, 0.5) is 18.0 Å². The Kier molecular flexibility index (Phi) is 9.97. The van der Waals surface area contributed by atoms with E-state index in [2.05, 4.69) is 55.3 Å². The number of alkyl halides is 3. The van der Waals surface area contributed by atoms with Crippen molar-refractivity contribution in [3.05, 3.63) is 89.7 Å². The summed E-state index contributed by atoms with van der Waals surface area (Å²) in [7, 11) is -2.75. The lowest BCUT2D eigenvalue weighted by Crippen LogP contribution is -2.66. The van der Waals surface area contributed by atoms with Crippen LogP contribution in [0.5, 0.6) is 0 Å². The van der Waals surface area contributed by atoms with Crippen molar-refractivity contribution in [1.29, 1.82) is 0 Å². The van der Waals surface area contributed by atoms with Gasteiger partial charge >= 0.3 is 12.3 Å². The Labute approximate surface area is 259 Å². The number of rotatable bonds is 8. The number of nitrogens with one attached hydrogen (secondary N) is 1. The summed E-state index contributed by atoms with van der Waals surface area (Å²) in [6.07, 6.45) is -5.43. The molecular weight excluding hydrogens is 585 g/mol. The van der Waals surface area contributed by atoms with Crippen molar-refractivity contribution in [2.24, 2.45) is 0 Å². The molecule has 0 spiro atoms. The summed E-state index contributed by atoms with van der Waals surface area (Å²) < 4.78 is 59.2. The first-order valence-corrected chi connectivity index (χ1v) is 16.9. The average molecular weight is 629 g/mol. The predicted octanol–water partition coefficient (Wildman–Crippen LogP) is 7.48. The third kappa shape index (κ3) is 7.53. The molecule has 10 heteroatoms. The maximum Gasteiger partial charge on any atom is 0.433 e. The zero-order valence-electron chi connectivity index (χ0n) is 26.5. The van der Waals surface area contributed by atoms with Gasteiger partial charge in [-0.2, -0.15) is 13.2 Å². The molecule has 2 heterocycles. The van der Waals surface area contributed by atoms with E-state index in [0.717, 1.165) is 6.07 Å². The first kappa shape index (κ1) is 33.7. The number of halogens is 3. The molecule has 0 saturated carbocycles. The van der Waals surface area contributed by atoms with E-state index in [1.807, 2.05) is 36.4 Å². The zero-order valence-corrected chi connectivity index (χ0v) is 27.5. The largest absolute Gasteiger partial charge is 0.444 e. The minimum absolute atomic E-state index is 0.153. The van der Waals surface area contributed by atoms with E-state index < -0.39 is 50.1 Å². The molecule has 0 radical (unpaired) electrons. The molecule has 3 atom stereocenters. The fraction of sp³-hybridized carbons (Fsp3) is 0.471. The van der Waals surface area contributed by atoms with Crippen LogP contribution in [0, 0.1) is 0 Å². The number of fused-ring (bicyclic) bond motifs is 1. The van der Waals surface area contributed by atoms with Gasteiger partial charge in [0.1, 0.15) is 11.3 Å². The van der Waals surface area contributed by atoms with E-state index in [-0.39, 0.29) is 10.7 Å². The number of alkyl carbamates (subject to hydrolysis) is 1. The van der Waals surface area contributed by atoms with Crippen molar-refractivity contribution in [3.63, 3.8) is 0 Å². The highest BCUT2D eigenvalue weighted by Gasteiger charge is 2.50. The average Bonchev–Trinajstić information content (AvgIpc) is 2.93. The SMILES string of the molecule is C[C@@H]1O[C@@H](CCCO[Si](c2ccccc2)(c2ccccc2)C(C)(C)C)[C@@H](NC(=O)OC(C)(C)C)c2ccc(C(F)(F)F)nc21. The van der Waals surface area contributed by atoms with E-state index in [1.54, 1.807) is 27.7 Å². The fourth-order valence-corrected chi connectivity index (χ4v) is 10.6. The number of carbonyl (C=O) groups is 1. The number of amides is 1. The molecule has 0 bridgehead atoms. The van der Waals surface area contributed by atoms with Gasteiger partial charge in [0, 0.05) is 12.2 Å². The topological polar surface area (TPSA) is 69.7 Å². The number of hydrogen-bond acceptors (Lipinski definition) is 5. The van der Waals surface area contributed by atoms with Crippen molar-refractivity contribution >= 4 is 24.8 Å².